The lowest BCUT2D eigenvalue weighted by Crippen LogP contribution is -2.37. The Morgan fingerprint density at radius 1 is 1.16 bits per heavy atom. The third-order valence-electron chi connectivity index (χ3n) is 2.86. The molecule has 0 aliphatic heterocycles. The maximum atomic E-state index is 12.0. The van der Waals surface area contributed by atoms with Crippen LogP contribution in [0.15, 0.2) is 0 Å². The molecule has 0 aliphatic carbocycles. The predicted octanol–water partition coefficient (Wildman–Crippen LogP) is 2.12. The summed E-state index contributed by atoms with van der Waals surface area (Å²) in [5.41, 5.74) is 0. The third-order valence-corrected chi connectivity index (χ3v) is 2.86. The minimum absolute atomic E-state index is 0.0652. The average Bonchev–Trinajstić information content (AvgIpc) is 2.30. The van der Waals surface area contributed by atoms with Crippen molar-refractivity contribution in [2.75, 3.05) is 27.2 Å². The molecule has 0 radical (unpaired) electrons. The molecule has 1 atom stereocenters. The van der Waals surface area contributed by atoms with Crippen molar-refractivity contribution in [1.29, 1.82) is 0 Å². The van der Waals surface area contributed by atoms with Crippen LogP contribution in [0, 0.1) is 17.8 Å². The molecular formula is C14H28N2O3. The van der Waals surface area contributed by atoms with E-state index in [4.69, 9.17) is 4.74 Å². The van der Waals surface area contributed by atoms with Gasteiger partial charge in [0.2, 0.25) is 0 Å². The minimum Gasteiger partial charge on any atom is -0.464 e. The van der Waals surface area contributed by atoms with Crippen LogP contribution in [0.25, 0.3) is 0 Å². The predicted molar refractivity (Wildman–Crippen MR) is 75.8 cm³/mol. The smallest absolute Gasteiger partial charge is 0.316 e. The highest BCUT2D eigenvalue weighted by molar-refractivity contribution is 5.74. The number of nitrogens with zero attached hydrogens (tertiary/aromatic N) is 1. The molecule has 0 rings (SSSR count). The lowest BCUT2D eigenvalue weighted by Gasteiger charge is -2.21. The molecule has 0 spiro atoms. The van der Waals surface area contributed by atoms with E-state index in [9.17, 15) is 9.59 Å². The fraction of sp³-hybridized carbons (Fsp3) is 0.857. The van der Waals surface area contributed by atoms with Crippen molar-refractivity contribution in [1.82, 2.24) is 10.2 Å². The van der Waals surface area contributed by atoms with Crippen molar-refractivity contribution in [3.05, 3.63) is 0 Å². The normalized spacial score (nSPS) is 12.4. The van der Waals surface area contributed by atoms with Crippen LogP contribution in [0.5, 0.6) is 0 Å². The van der Waals surface area contributed by atoms with Gasteiger partial charge in [0, 0.05) is 14.1 Å². The third kappa shape index (κ3) is 7.70. The van der Waals surface area contributed by atoms with Crippen LogP contribution in [0.1, 0.15) is 34.1 Å². The molecule has 0 fully saturated rings. The second-order valence-electron chi connectivity index (χ2n) is 5.77. The van der Waals surface area contributed by atoms with Gasteiger partial charge in [-0.05, 0) is 18.3 Å². The first-order valence-corrected chi connectivity index (χ1v) is 6.87. The van der Waals surface area contributed by atoms with Crippen LogP contribution in [-0.2, 0) is 9.53 Å². The summed E-state index contributed by atoms with van der Waals surface area (Å²) in [5, 5.41) is 2.66. The molecule has 0 saturated heterocycles. The number of hydrogen-bond donors (Lipinski definition) is 1. The lowest BCUT2D eigenvalue weighted by atomic mass is 9.88. The molecule has 1 N–H and O–H groups in total. The van der Waals surface area contributed by atoms with Crippen LogP contribution in [-0.4, -0.2) is 44.1 Å². The number of esters is 1. The quantitative estimate of drug-likeness (QED) is 0.570. The van der Waals surface area contributed by atoms with E-state index in [0.29, 0.717) is 12.5 Å². The fourth-order valence-corrected chi connectivity index (χ4v) is 1.72. The topological polar surface area (TPSA) is 58.6 Å². The Bertz CT molecular complexity index is 288. The molecule has 0 aromatic carbocycles. The summed E-state index contributed by atoms with van der Waals surface area (Å²) in [6.07, 6.45) is 0.834. The number of carbonyl (C=O) groups is 2. The van der Waals surface area contributed by atoms with E-state index in [0.717, 1.165) is 6.42 Å². The van der Waals surface area contributed by atoms with Crippen molar-refractivity contribution in [3.63, 3.8) is 0 Å². The van der Waals surface area contributed by atoms with E-state index >= 15 is 0 Å². The number of hydrogen-bond acceptors (Lipinski definition) is 3. The summed E-state index contributed by atoms with van der Waals surface area (Å²) in [4.78, 5) is 24.6. The Balaban J connectivity index is 4.03. The first-order valence-electron chi connectivity index (χ1n) is 6.87. The largest absolute Gasteiger partial charge is 0.464 e. The highest BCUT2D eigenvalue weighted by Crippen LogP contribution is 2.21. The van der Waals surface area contributed by atoms with Crippen LogP contribution in [0.3, 0.4) is 0 Å². The standard InChI is InChI=1S/C14H28N2O3/c1-10(2)9-12(11(3)4)13(17)19-8-7-15-14(18)16(5)6/h10-12H,7-9H2,1-6H3,(H,15,18). The molecule has 5 nitrogen and oxygen atoms in total. The molecule has 1 unspecified atom stereocenters. The van der Waals surface area contributed by atoms with E-state index in [1.807, 2.05) is 13.8 Å². The van der Waals surface area contributed by atoms with Gasteiger partial charge in [0.1, 0.15) is 6.61 Å². The molecule has 0 bridgehead atoms. The second kappa shape index (κ2) is 8.77. The fourth-order valence-electron chi connectivity index (χ4n) is 1.72. The maximum Gasteiger partial charge on any atom is 0.316 e. The van der Waals surface area contributed by atoms with Crippen molar-refractivity contribution >= 4 is 12.0 Å². The lowest BCUT2D eigenvalue weighted by molar-refractivity contribution is -0.150. The van der Waals surface area contributed by atoms with E-state index in [1.165, 1.54) is 4.90 Å². The number of amides is 2. The van der Waals surface area contributed by atoms with Crippen LogP contribution in [0.4, 0.5) is 4.79 Å². The van der Waals surface area contributed by atoms with Crippen molar-refractivity contribution < 1.29 is 14.3 Å². The summed E-state index contributed by atoms with van der Waals surface area (Å²) in [5.74, 6) is 0.506. The summed E-state index contributed by atoms with van der Waals surface area (Å²) in [6, 6.07) is -0.182. The Kier molecular flexibility index (Phi) is 8.19. The SMILES string of the molecule is CC(C)CC(C(=O)OCCNC(=O)N(C)C)C(C)C. The molecule has 0 aromatic heterocycles. The number of rotatable bonds is 7. The number of ether oxygens (including phenoxy) is 1. The molecule has 112 valence electrons. The van der Waals surface area contributed by atoms with Crippen LogP contribution in [0.2, 0.25) is 0 Å². The zero-order chi connectivity index (χ0) is 15.0. The summed E-state index contributed by atoms with van der Waals surface area (Å²) < 4.78 is 5.22. The molecule has 0 heterocycles. The summed E-state index contributed by atoms with van der Waals surface area (Å²) in [6.45, 7) is 8.82. The molecule has 0 aromatic rings. The van der Waals surface area contributed by atoms with Crippen molar-refractivity contribution in [3.8, 4) is 0 Å². The van der Waals surface area contributed by atoms with E-state index in [2.05, 4.69) is 19.2 Å². The van der Waals surface area contributed by atoms with Gasteiger partial charge < -0.3 is 15.0 Å². The summed E-state index contributed by atoms with van der Waals surface area (Å²) in [7, 11) is 3.33. The van der Waals surface area contributed by atoms with Gasteiger partial charge in [-0.1, -0.05) is 27.7 Å². The van der Waals surface area contributed by atoms with Gasteiger partial charge in [0.25, 0.3) is 0 Å². The molecule has 0 aliphatic rings. The second-order valence-corrected chi connectivity index (χ2v) is 5.77. The number of nitrogens with one attached hydrogen (secondary N) is 1. The van der Waals surface area contributed by atoms with E-state index < -0.39 is 0 Å². The number of carbonyl (C=O) groups excluding carboxylic acids is 2. The van der Waals surface area contributed by atoms with Gasteiger partial charge in [-0.3, -0.25) is 4.79 Å². The minimum atomic E-state index is -0.182. The Labute approximate surface area is 116 Å². The first-order chi connectivity index (χ1) is 8.75. The Morgan fingerprint density at radius 2 is 1.74 bits per heavy atom. The van der Waals surface area contributed by atoms with E-state index in [-0.39, 0.29) is 30.4 Å². The van der Waals surface area contributed by atoms with Crippen LogP contribution < -0.4 is 5.32 Å². The monoisotopic (exact) mass is 272 g/mol. The average molecular weight is 272 g/mol. The molecule has 2 amide bonds. The summed E-state index contributed by atoms with van der Waals surface area (Å²) >= 11 is 0. The van der Waals surface area contributed by atoms with Gasteiger partial charge in [-0.25, -0.2) is 4.79 Å². The van der Waals surface area contributed by atoms with Gasteiger partial charge in [-0.2, -0.15) is 0 Å². The van der Waals surface area contributed by atoms with Crippen LogP contribution >= 0.6 is 0 Å². The first kappa shape index (κ1) is 17.7. The Hall–Kier alpha value is -1.26. The van der Waals surface area contributed by atoms with Crippen molar-refractivity contribution in [2.45, 2.75) is 34.1 Å². The zero-order valence-electron chi connectivity index (χ0n) is 13.0. The molecule has 0 saturated carbocycles. The van der Waals surface area contributed by atoms with Crippen molar-refractivity contribution in [2.24, 2.45) is 17.8 Å². The molecule has 19 heavy (non-hydrogen) atoms. The molecule has 5 heteroatoms. The molecular weight excluding hydrogens is 244 g/mol. The highest BCUT2D eigenvalue weighted by Gasteiger charge is 2.24. The van der Waals surface area contributed by atoms with Gasteiger partial charge in [-0.15, -0.1) is 0 Å². The van der Waals surface area contributed by atoms with E-state index in [1.54, 1.807) is 14.1 Å². The van der Waals surface area contributed by atoms with Gasteiger partial charge >= 0.3 is 12.0 Å². The highest BCUT2D eigenvalue weighted by atomic mass is 16.5. The zero-order valence-corrected chi connectivity index (χ0v) is 13.0. The van der Waals surface area contributed by atoms with Gasteiger partial charge in [0.15, 0.2) is 0 Å². The van der Waals surface area contributed by atoms with Gasteiger partial charge in [0.05, 0.1) is 12.5 Å². The number of urea groups is 1. The maximum absolute atomic E-state index is 12.0. The Morgan fingerprint density at radius 3 is 2.16 bits per heavy atom.